The fourth-order valence-corrected chi connectivity index (χ4v) is 4.81. The standard InChI is InChI=1S/C24H27FN6O2/c1-29-24(33)31(19-7-3-2-4-8-19)22(28-29)17-6-5-13-30(15-17)23(32)21-14-20(26-27-21)16-9-11-18(25)12-10-16/h2-4,7-12,17,20-21,26-27H,5-6,13-15H2,1H3. The topological polar surface area (TPSA) is 84.2 Å². The molecule has 172 valence electrons. The van der Waals surface area contributed by atoms with Gasteiger partial charge in [0, 0.05) is 32.1 Å². The van der Waals surface area contributed by atoms with E-state index in [2.05, 4.69) is 16.0 Å². The Morgan fingerprint density at radius 1 is 1.09 bits per heavy atom. The summed E-state index contributed by atoms with van der Waals surface area (Å²) in [6, 6.07) is 15.4. The zero-order valence-electron chi connectivity index (χ0n) is 18.4. The fraction of sp³-hybridized carbons (Fsp3) is 0.375. The van der Waals surface area contributed by atoms with Crippen LogP contribution in [0.1, 0.15) is 42.6 Å². The first-order chi connectivity index (χ1) is 16.0. The van der Waals surface area contributed by atoms with Crippen molar-refractivity contribution in [1.82, 2.24) is 30.1 Å². The molecule has 8 nitrogen and oxygen atoms in total. The van der Waals surface area contributed by atoms with Crippen LogP contribution in [0.25, 0.3) is 5.69 Å². The third kappa shape index (κ3) is 4.21. The van der Waals surface area contributed by atoms with Crippen molar-refractivity contribution in [1.29, 1.82) is 0 Å². The zero-order valence-corrected chi connectivity index (χ0v) is 18.4. The molecule has 2 aliphatic heterocycles. The summed E-state index contributed by atoms with van der Waals surface area (Å²) < 4.78 is 16.2. The maximum Gasteiger partial charge on any atom is 0.350 e. The summed E-state index contributed by atoms with van der Waals surface area (Å²) in [5.74, 6) is 0.411. The van der Waals surface area contributed by atoms with E-state index in [0.29, 0.717) is 25.3 Å². The highest BCUT2D eigenvalue weighted by atomic mass is 19.1. The highest BCUT2D eigenvalue weighted by Crippen LogP contribution is 2.29. The van der Waals surface area contributed by atoms with Crippen molar-refractivity contribution in [2.75, 3.05) is 13.1 Å². The van der Waals surface area contributed by atoms with Crippen molar-refractivity contribution in [3.63, 3.8) is 0 Å². The van der Waals surface area contributed by atoms with E-state index >= 15 is 0 Å². The van der Waals surface area contributed by atoms with Gasteiger partial charge in [0.05, 0.1) is 5.69 Å². The quantitative estimate of drug-likeness (QED) is 0.636. The first kappa shape index (κ1) is 21.5. The summed E-state index contributed by atoms with van der Waals surface area (Å²) in [6.45, 7) is 1.19. The van der Waals surface area contributed by atoms with Gasteiger partial charge in [-0.25, -0.2) is 29.3 Å². The predicted octanol–water partition coefficient (Wildman–Crippen LogP) is 2.02. The molecule has 1 aromatic heterocycles. The molecule has 9 heteroatoms. The van der Waals surface area contributed by atoms with Gasteiger partial charge in [0.1, 0.15) is 17.7 Å². The largest absolute Gasteiger partial charge is 0.350 e. The van der Waals surface area contributed by atoms with Crippen molar-refractivity contribution in [2.45, 2.75) is 37.3 Å². The number of amides is 1. The van der Waals surface area contributed by atoms with Gasteiger partial charge in [0.25, 0.3) is 0 Å². The molecule has 0 bridgehead atoms. The van der Waals surface area contributed by atoms with Gasteiger partial charge in [0.2, 0.25) is 5.91 Å². The lowest BCUT2D eigenvalue weighted by atomic mass is 9.95. The van der Waals surface area contributed by atoms with Gasteiger partial charge in [0.15, 0.2) is 0 Å². The number of aryl methyl sites for hydroxylation is 1. The van der Waals surface area contributed by atoms with Crippen LogP contribution in [0.2, 0.25) is 0 Å². The minimum absolute atomic E-state index is 0.0286. The molecule has 2 fully saturated rings. The van der Waals surface area contributed by atoms with E-state index < -0.39 is 0 Å². The van der Waals surface area contributed by atoms with E-state index in [9.17, 15) is 14.0 Å². The minimum atomic E-state index is -0.362. The molecular weight excluding hydrogens is 423 g/mol. The highest BCUT2D eigenvalue weighted by molar-refractivity contribution is 5.82. The Morgan fingerprint density at radius 3 is 2.61 bits per heavy atom. The number of carbonyl (C=O) groups is 1. The number of nitrogens with zero attached hydrogens (tertiary/aromatic N) is 4. The van der Waals surface area contributed by atoms with Crippen LogP contribution < -0.4 is 16.5 Å². The molecule has 2 N–H and O–H groups in total. The lowest BCUT2D eigenvalue weighted by Crippen LogP contribution is -2.49. The zero-order chi connectivity index (χ0) is 22.9. The third-order valence-electron chi connectivity index (χ3n) is 6.54. The molecule has 1 amide bonds. The molecule has 0 spiro atoms. The summed E-state index contributed by atoms with van der Waals surface area (Å²) in [5.41, 5.74) is 7.80. The number of piperidine rings is 1. The molecule has 0 saturated carbocycles. The summed E-state index contributed by atoms with van der Waals surface area (Å²) >= 11 is 0. The molecule has 2 aromatic carbocycles. The van der Waals surface area contributed by atoms with E-state index in [1.54, 1.807) is 23.7 Å². The van der Waals surface area contributed by atoms with Crippen molar-refractivity contribution in [2.24, 2.45) is 7.05 Å². The minimum Gasteiger partial charge on any atom is -0.341 e. The second-order valence-electron chi connectivity index (χ2n) is 8.74. The number of halogens is 1. The second-order valence-corrected chi connectivity index (χ2v) is 8.74. The maximum absolute atomic E-state index is 13.3. The number of nitrogens with one attached hydrogen (secondary N) is 2. The molecular formula is C24H27FN6O2. The number of carbonyl (C=O) groups excluding carboxylic acids is 1. The van der Waals surface area contributed by atoms with Crippen molar-refractivity contribution >= 4 is 5.91 Å². The number of likely N-dealkylation sites (tertiary alicyclic amines) is 1. The Kier molecular flexibility index (Phi) is 5.82. The van der Waals surface area contributed by atoms with Gasteiger partial charge in [-0.1, -0.05) is 30.3 Å². The van der Waals surface area contributed by atoms with E-state index in [0.717, 1.165) is 24.1 Å². The molecule has 2 saturated heterocycles. The number of hydrogen-bond donors (Lipinski definition) is 2. The van der Waals surface area contributed by atoms with E-state index in [1.807, 2.05) is 35.2 Å². The Balaban J connectivity index is 1.32. The van der Waals surface area contributed by atoms with Gasteiger partial charge >= 0.3 is 5.69 Å². The van der Waals surface area contributed by atoms with Crippen LogP contribution in [0.4, 0.5) is 4.39 Å². The van der Waals surface area contributed by atoms with Gasteiger partial charge in [-0.3, -0.25) is 4.79 Å². The van der Waals surface area contributed by atoms with Gasteiger partial charge in [-0.2, -0.15) is 5.10 Å². The maximum atomic E-state index is 13.3. The SMILES string of the molecule is Cn1nc(C2CCCN(C(=O)C3CC(c4ccc(F)cc4)NN3)C2)n(-c2ccccc2)c1=O. The smallest absolute Gasteiger partial charge is 0.341 e. The van der Waals surface area contributed by atoms with Gasteiger partial charge in [-0.05, 0) is 49.1 Å². The number of benzene rings is 2. The Labute approximate surface area is 191 Å². The average molecular weight is 451 g/mol. The average Bonchev–Trinajstić information content (AvgIpc) is 3.45. The molecule has 0 radical (unpaired) electrons. The first-order valence-electron chi connectivity index (χ1n) is 11.3. The highest BCUT2D eigenvalue weighted by Gasteiger charge is 2.36. The number of rotatable bonds is 4. The van der Waals surface area contributed by atoms with Crippen molar-refractivity contribution < 1.29 is 9.18 Å². The summed E-state index contributed by atoms with van der Waals surface area (Å²) in [4.78, 5) is 28.0. The Bertz CT molecular complexity index is 1190. The number of para-hydroxylation sites is 1. The van der Waals surface area contributed by atoms with Crippen LogP contribution in [0.5, 0.6) is 0 Å². The molecule has 2 aliphatic rings. The van der Waals surface area contributed by atoms with Crippen LogP contribution in [-0.4, -0.2) is 44.3 Å². The molecule has 3 atom stereocenters. The second kappa shape index (κ2) is 8.92. The van der Waals surface area contributed by atoms with Crippen LogP contribution in [0.3, 0.4) is 0 Å². The van der Waals surface area contributed by atoms with Gasteiger partial charge < -0.3 is 4.90 Å². The molecule has 0 aliphatic carbocycles. The third-order valence-corrected chi connectivity index (χ3v) is 6.54. The van der Waals surface area contributed by atoms with E-state index in [4.69, 9.17) is 0 Å². The molecule has 5 rings (SSSR count). The fourth-order valence-electron chi connectivity index (χ4n) is 4.81. The number of hydrazine groups is 1. The Hall–Kier alpha value is -3.30. The lowest BCUT2D eigenvalue weighted by Gasteiger charge is -2.33. The Morgan fingerprint density at radius 2 is 1.85 bits per heavy atom. The van der Waals surface area contributed by atoms with Crippen molar-refractivity contribution in [3.05, 3.63) is 82.3 Å². The van der Waals surface area contributed by atoms with Crippen LogP contribution in [0.15, 0.2) is 59.4 Å². The molecule has 3 heterocycles. The van der Waals surface area contributed by atoms with E-state index in [-0.39, 0.29) is 35.4 Å². The molecule has 3 aromatic rings. The molecule has 33 heavy (non-hydrogen) atoms. The van der Waals surface area contributed by atoms with Crippen LogP contribution in [0, 0.1) is 5.82 Å². The van der Waals surface area contributed by atoms with Crippen LogP contribution >= 0.6 is 0 Å². The predicted molar refractivity (Wildman–Crippen MR) is 121 cm³/mol. The lowest BCUT2D eigenvalue weighted by molar-refractivity contribution is -0.134. The van der Waals surface area contributed by atoms with Crippen molar-refractivity contribution in [3.8, 4) is 5.69 Å². The van der Waals surface area contributed by atoms with Crippen LogP contribution in [-0.2, 0) is 11.8 Å². The number of hydrogen-bond acceptors (Lipinski definition) is 5. The van der Waals surface area contributed by atoms with Gasteiger partial charge in [-0.15, -0.1) is 0 Å². The summed E-state index contributed by atoms with van der Waals surface area (Å²) in [6.07, 6.45) is 2.29. The normalized spacial score (nSPS) is 23.1. The molecule has 3 unspecified atom stereocenters. The van der Waals surface area contributed by atoms with E-state index in [1.165, 1.54) is 16.8 Å². The first-order valence-corrected chi connectivity index (χ1v) is 11.3. The summed E-state index contributed by atoms with van der Waals surface area (Å²) in [5, 5.41) is 4.53. The number of aromatic nitrogens is 3. The monoisotopic (exact) mass is 450 g/mol. The summed E-state index contributed by atoms with van der Waals surface area (Å²) in [7, 11) is 1.65.